The highest BCUT2D eigenvalue weighted by Crippen LogP contribution is 2.16. The van der Waals surface area contributed by atoms with Crippen LogP contribution in [0, 0.1) is 11.3 Å². The van der Waals surface area contributed by atoms with Gasteiger partial charge in [0.2, 0.25) is 0 Å². The molecule has 0 unspecified atom stereocenters. The van der Waals surface area contributed by atoms with Crippen LogP contribution in [0.4, 0.5) is 5.82 Å². The third-order valence-corrected chi connectivity index (χ3v) is 2.67. The zero-order valence-electron chi connectivity index (χ0n) is 8.77. The second kappa shape index (κ2) is 4.28. The summed E-state index contributed by atoms with van der Waals surface area (Å²) >= 11 is 0. The molecule has 0 spiro atoms. The highest BCUT2D eigenvalue weighted by atomic mass is 15.3. The molecular weight excluding hydrogens is 188 g/mol. The fourth-order valence-electron chi connectivity index (χ4n) is 1.83. The Morgan fingerprint density at radius 1 is 1.67 bits per heavy atom. The second-order valence-corrected chi connectivity index (χ2v) is 3.76. The molecule has 2 rings (SSSR count). The summed E-state index contributed by atoms with van der Waals surface area (Å²) in [5.41, 5.74) is 0.672. The third-order valence-electron chi connectivity index (χ3n) is 2.67. The SMILES string of the molecule is C[C@@H]1CNCCN1c1cc(C#N)ccn1. The Kier molecular flexibility index (Phi) is 2.84. The molecule has 1 saturated heterocycles. The Labute approximate surface area is 89.5 Å². The van der Waals surface area contributed by atoms with Crippen LogP contribution in [-0.2, 0) is 0 Å². The number of anilines is 1. The fraction of sp³-hybridized carbons (Fsp3) is 0.455. The van der Waals surface area contributed by atoms with Gasteiger partial charge in [0.15, 0.2) is 0 Å². The molecule has 2 heterocycles. The minimum Gasteiger partial charge on any atom is -0.351 e. The Bertz CT molecular complexity index is 382. The molecule has 0 amide bonds. The Balaban J connectivity index is 2.24. The Morgan fingerprint density at radius 3 is 3.27 bits per heavy atom. The van der Waals surface area contributed by atoms with Crippen molar-refractivity contribution in [2.24, 2.45) is 0 Å². The van der Waals surface area contributed by atoms with Crippen molar-refractivity contribution in [1.29, 1.82) is 5.26 Å². The molecule has 0 radical (unpaired) electrons. The number of hydrogen-bond acceptors (Lipinski definition) is 4. The zero-order valence-corrected chi connectivity index (χ0v) is 8.77. The van der Waals surface area contributed by atoms with E-state index in [2.05, 4.69) is 28.2 Å². The van der Waals surface area contributed by atoms with Crippen LogP contribution in [0.3, 0.4) is 0 Å². The molecule has 78 valence electrons. The summed E-state index contributed by atoms with van der Waals surface area (Å²) in [4.78, 5) is 6.54. The normalized spacial score (nSPS) is 21.1. The van der Waals surface area contributed by atoms with Gasteiger partial charge in [-0.15, -0.1) is 0 Å². The maximum absolute atomic E-state index is 8.82. The highest BCUT2D eigenvalue weighted by molar-refractivity contribution is 5.46. The van der Waals surface area contributed by atoms with Gasteiger partial charge in [0, 0.05) is 31.9 Å². The molecule has 4 nitrogen and oxygen atoms in total. The van der Waals surface area contributed by atoms with Gasteiger partial charge >= 0.3 is 0 Å². The van der Waals surface area contributed by atoms with Gasteiger partial charge in [-0.25, -0.2) is 4.98 Å². The first kappa shape index (κ1) is 9.94. The predicted molar refractivity (Wildman–Crippen MR) is 58.6 cm³/mol. The maximum Gasteiger partial charge on any atom is 0.130 e. The molecule has 0 aliphatic carbocycles. The summed E-state index contributed by atoms with van der Waals surface area (Å²) in [6.45, 7) is 5.05. The van der Waals surface area contributed by atoms with E-state index in [0.717, 1.165) is 25.5 Å². The summed E-state index contributed by atoms with van der Waals surface area (Å²) in [5.74, 6) is 0.906. The summed E-state index contributed by atoms with van der Waals surface area (Å²) in [5, 5.41) is 12.1. The zero-order chi connectivity index (χ0) is 10.7. The van der Waals surface area contributed by atoms with Crippen LogP contribution in [0.5, 0.6) is 0 Å². The number of nitrogens with one attached hydrogen (secondary N) is 1. The number of nitriles is 1. The fourth-order valence-corrected chi connectivity index (χ4v) is 1.83. The first-order valence-electron chi connectivity index (χ1n) is 5.15. The number of rotatable bonds is 1. The molecule has 1 atom stereocenters. The predicted octanol–water partition coefficient (Wildman–Crippen LogP) is 0.751. The van der Waals surface area contributed by atoms with E-state index in [9.17, 15) is 0 Å². The minimum absolute atomic E-state index is 0.431. The van der Waals surface area contributed by atoms with Crippen LogP contribution in [0.25, 0.3) is 0 Å². The highest BCUT2D eigenvalue weighted by Gasteiger charge is 2.19. The lowest BCUT2D eigenvalue weighted by Crippen LogP contribution is -2.50. The van der Waals surface area contributed by atoms with Gasteiger partial charge in [-0.3, -0.25) is 0 Å². The lowest BCUT2D eigenvalue weighted by atomic mass is 10.2. The first-order valence-corrected chi connectivity index (χ1v) is 5.15. The van der Waals surface area contributed by atoms with Crippen LogP contribution >= 0.6 is 0 Å². The van der Waals surface area contributed by atoms with Gasteiger partial charge in [0.05, 0.1) is 11.6 Å². The molecule has 1 aromatic rings. The summed E-state index contributed by atoms with van der Waals surface area (Å²) in [7, 11) is 0. The smallest absolute Gasteiger partial charge is 0.130 e. The quantitative estimate of drug-likeness (QED) is 0.730. The third kappa shape index (κ3) is 2.08. The van der Waals surface area contributed by atoms with Crippen molar-refractivity contribution in [3.05, 3.63) is 23.9 Å². The Hall–Kier alpha value is -1.60. The maximum atomic E-state index is 8.82. The molecular formula is C11H14N4. The molecule has 0 saturated carbocycles. The molecule has 0 bridgehead atoms. The van der Waals surface area contributed by atoms with Crippen molar-refractivity contribution in [2.75, 3.05) is 24.5 Å². The second-order valence-electron chi connectivity index (χ2n) is 3.76. The van der Waals surface area contributed by atoms with E-state index in [1.807, 2.05) is 6.07 Å². The van der Waals surface area contributed by atoms with Crippen LogP contribution in [0.1, 0.15) is 12.5 Å². The summed E-state index contributed by atoms with van der Waals surface area (Å²) in [6, 6.07) is 6.15. The van der Waals surface area contributed by atoms with Crippen molar-refractivity contribution in [3.63, 3.8) is 0 Å². The molecule has 1 aliphatic heterocycles. The van der Waals surface area contributed by atoms with Crippen molar-refractivity contribution in [2.45, 2.75) is 13.0 Å². The first-order chi connectivity index (χ1) is 7.31. The average molecular weight is 202 g/mol. The van der Waals surface area contributed by atoms with E-state index in [1.165, 1.54) is 0 Å². The number of pyridine rings is 1. The largest absolute Gasteiger partial charge is 0.351 e. The molecule has 1 fully saturated rings. The van der Waals surface area contributed by atoms with Crippen molar-refractivity contribution >= 4 is 5.82 Å². The van der Waals surface area contributed by atoms with Gasteiger partial charge in [-0.05, 0) is 19.1 Å². The number of nitrogens with zero attached hydrogens (tertiary/aromatic N) is 3. The topological polar surface area (TPSA) is 52.0 Å². The van der Waals surface area contributed by atoms with E-state index in [-0.39, 0.29) is 0 Å². The monoisotopic (exact) mass is 202 g/mol. The van der Waals surface area contributed by atoms with E-state index < -0.39 is 0 Å². The van der Waals surface area contributed by atoms with E-state index in [0.29, 0.717) is 11.6 Å². The van der Waals surface area contributed by atoms with Gasteiger partial charge < -0.3 is 10.2 Å². The van der Waals surface area contributed by atoms with E-state index >= 15 is 0 Å². The molecule has 0 aromatic carbocycles. The molecule has 1 N–H and O–H groups in total. The molecule has 4 heteroatoms. The van der Waals surface area contributed by atoms with Crippen molar-refractivity contribution in [3.8, 4) is 6.07 Å². The number of hydrogen-bond donors (Lipinski definition) is 1. The van der Waals surface area contributed by atoms with Crippen molar-refractivity contribution < 1.29 is 0 Å². The average Bonchev–Trinajstić information content (AvgIpc) is 2.30. The van der Waals surface area contributed by atoms with Gasteiger partial charge in [0.25, 0.3) is 0 Å². The van der Waals surface area contributed by atoms with Gasteiger partial charge in [0.1, 0.15) is 5.82 Å². The van der Waals surface area contributed by atoms with Crippen molar-refractivity contribution in [1.82, 2.24) is 10.3 Å². The van der Waals surface area contributed by atoms with Crippen LogP contribution in [0.2, 0.25) is 0 Å². The minimum atomic E-state index is 0.431. The number of piperazine rings is 1. The standard InChI is InChI=1S/C11H14N4/c1-9-8-13-4-5-15(9)11-6-10(7-12)2-3-14-11/h2-3,6,9,13H,4-5,8H2,1H3/t9-/m1/s1. The van der Waals surface area contributed by atoms with Crippen LogP contribution in [0.15, 0.2) is 18.3 Å². The van der Waals surface area contributed by atoms with Gasteiger partial charge in [-0.1, -0.05) is 0 Å². The van der Waals surface area contributed by atoms with Crippen LogP contribution < -0.4 is 10.2 Å². The lowest BCUT2D eigenvalue weighted by Gasteiger charge is -2.34. The van der Waals surface area contributed by atoms with Gasteiger partial charge in [-0.2, -0.15) is 5.26 Å². The number of aromatic nitrogens is 1. The molecule has 1 aromatic heterocycles. The summed E-state index contributed by atoms with van der Waals surface area (Å²) in [6.07, 6.45) is 1.70. The lowest BCUT2D eigenvalue weighted by molar-refractivity contribution is 0.497. The molecule has 15 heavy (non-hydrogen) atoms. The Morgan fingerprint density at radius 2 is 2.53 bits per heavy atom. The van der Waals surface area contributed by atoms with E-state index in [4.69, 9.17) is 5.26 Å². The molecule has 1 aliphatic rings. The van der Waals surface area contributed by atoms with Crippen LogP contribution in [-0.4, -0.2) is 30.7 Å². The van der Waals surface area contributed by atoms with E-state index in [1.54, 1.807) is 12.3 Å². The summed E-state index contributed by atoms with van der Waals surface area (Å²) < 4.78 is 0.